The second-order valence-electron chi connectivity index (χ2n) is 7.62. The highest BCUT2D eigenvalue weighted by molar-refractivity contribution is 5.95. The number of aliphatic hydroxyl groups is 2. The van der Waals surface area contributed by atoms with Crippen LogP contribution in [0.2, 0.25) is 0 Å². The molecule has 7 nitrogen and oxygen atoms in total. The zero-order chi connectivity index (χ0) is 22.9. The van der Waals surface area contributed by atoms with Crippen LogP contribution in [-0.4, -0.2) is 40.9 Å². The van der Waals surface area contributed by atoms with Crippen LogP contribution in [0.3, 0.4) is 0 Å². The van der Waals surface area contributed by atoms with Crippen LogP contribution in [0.25, 0.3) is 0 Å². The van der Waals surface area contributed by atoms with Gasteiger partial charge in [0.1, 0.15) is 5.75 Å². The normalized spacial score (nSPS) is 12.8. The number of carbonyl (C=O) groups excluding carboxylic acids is 1. The van der Waals surface area contributed by atoms with Gasteiger partial charge in [-0.2, -0.15) is 0 Å². The molecule has 0 unspecified atom stereocenters. The van der Waals surface area contributed by atoms with Crippen molar-refractivity contribution in [3.05, 3.63) is 95.1 Å². The van der Waals surface area contributed by atoms with Gasteiger partial charge in [-0.05, 0) is 53.9 Å². The van der Waals surface area contributed by atoms with Crippen LogP contribution in [0, 0.1) is 0 Å². The fourth-order valence-corrected chi connectivity index (χ4v) is 3.34. The molecule has 1 amide bonds. The average molecular weight is 436 g/mol. The predicted molar refractivity (Wildman–Crippen MR) is 124 cm³/mol. The van der Waals surface area contributed by atoms with Crippen molar-refractivity contribution in [1.29, 1.82) is 0 Å². The number of aliphatic hydroxyl groups excluding tert-OH is 2. The van der Waals surface area contributed by atoms with Crippen LogP contribution in [0.5, 0.6) is 5.75 Å². The molecule has 0 saturated heterocycles. The molecule has 0 spiro atoms. The summed E-state index contributed by atoms with van der Waals surface area (Å²) in [4.78, 5) is 11.3. The Balaban J connectivity index is 1.41. The maximum absolute atomic E-state index is 11.3. The van der Waals surface area contributed by atoms with Crippen molar-refractivity contribution in [2.75, 3.05) is 25.0 Å². The van der Waals surface area contributed by atoms with Crippen molar-refractivity contribution < 1.29 is 20.1 Å². The number of rotatable bonds is 11. The minimum Gasteiger partial charge on any atom is -0.507 e. The lowest BCUT2D eigenvalue weighted by atomic mass is 10.0. The molecule has 168 valence electrons. The Morgan fingerprint density at radius 1 is 0.875 bits per heavy atom. The molecule has 0 aliphatic rings. The van der Waals surface area contributed by atoms with Crippen molar-refractivity contribution in [2.45, 2.75) is 18.6 Å². The molecule has 0 aromatic heterocycles. The Labute approximate surface area is 187 Å². The Bertz CT molecular complexity index is 1010. The van der Waals surface area contributed by atoms with Gasteiger partial charge in [0.25, 0.3) is 5.91 Å². The van der Waals surface area contributed by atoms with Crippen molar-refractivity contribution in [2.24, 2.45) is 5.73 Å². The topological polar surface area (TPSA) is 128 Å². The molecule has 32 heavy (non-hydrogen) atoms. The number of hydrogen-bond acceptors (Lipinski definition) is 6. The average Bonchev–Trinajstić information content (AvgIpc) is 2.81. The number of nitrogens with two attached hydrogens (primary N) is 1. The number of anilines is 1. The summed E-state index contributed by atoms with van der Waals surface area (Å²) < 4.78 is 0. The van der Waals surface area contributed by atoms with Gasteiger partial charge in [0, 0.05) is 18.8 Å². The first-order valence-electron chi connectivity index (χ1n) is 10.5. The van der Waals surface area contributed by atoms with Crippen molar-refractivity contribution in [3.63, 3.8) is 0 Å². The molecule has 2 atom stereocenters. The Morgan fingerprint density at radius 3 is 2.25 bits per heavy atom. The third-order valence-corrected chi connectivity index (χ3v) is 5.24. The lowest BCUT2D eigenvalue weighted by Gasteiger charge is -2.14. The molecule has 0 aliphatic carbocycles. The van der Waals surface area contributed by atoms with E-state index in [1.165, 1.54) is 12.1 Å². The number of nitrogens with one attached hydrogen (secondary N) is 2. The first-order valence-corrected chi connectivity index (χ1v) is 10.5. The van der Waals surface area contributed by atoms with Gasteiger partial charge in [0.15, 0.2) is 0 Å². The van der Waals surface area contributed by atoms with E-state index in [1.807, 2.05) is 54.6 Å². The summed E-state index contributed by atoms with van der Waals surface area (Å²) in [7, 11) is 0. The summed E-state index contributed by atoms with van der Waals surface area (Å²) in [5.41, 5.74) is 8.68. The quantitative estimate of drug-likeness (QED) is 0.257. The van der Waals surface area contributed by atoms with Gasteiger partial charge in [-0.25, -0.2) is 0 Å². The molecule has 3 rings (SSSR count). The number of carbonyl (C=O) groups is 1. The van der Waals surface area contributed by atoms with E-state index in [4.69, 9.17) is 5.73 Å². The standard InChI is InChI=1S/C25H29N3O4/c26-25(32)21-14-19(8-11-22(21)29)23(30)15-27-13-12-17-6-9-20(10-7-17)28-16-24(31)18-4-2-1-3-5-18/h1-11,14,23-24,27-31H,12-13,15-16H2,(H2,26,32)/t23-,24-/m0/s1. The third-order valence-electron chi connectivity index (χ3n) is 5.24. The highest BCUT2D eigenvalue weighted by atomic mass is 16.3. The number of amides is 1. The van der Waals surface area contributed by atoms with Crippen LogP contribution in [0.4, 0.5) is 5.69 Å². The fraction of sp³-hybridized carbons (Fsp3) is 0.240. The maximum atomic E-state index is 11.3. The summed E-state index contributed by atoms with van der Waals surface area (Å²) in [6, 6.07) is 21.9. The van der Waals surface area contributed by atoms with Gasteiger partial charge in [-0.15, -0.1) is 0 Å². The van der Waals surface area contributed by atoms with Gasteiger partial charge < -0.3 is 31.7 Å². The Hall–Kier alpha value is -3.39. The van der Waals surface area contributed by atoms with E-state index >= 15 is 0 Å². The molecule has 3 aromatic carbocycles. The molecule has 0 bridgehead atoms. The van der Waals surface area contributed by atoms with E-state index < -0.39 is 18.1 Å². The van der Waals surface area contributed by atoms with Crippen molar-refractivity contribution >= 4 is 11.6 Å². The SMILES string of the molecule is NC(=O)c1cc([C@@H](O)CNCCc2ccc(NC[C@H](O)c3ccccc3)cc2)ccc1O. The van der Waals surface area contributed by atoms with Gasteiger partial charge >= 0.3 is 0 Å². The zero-order valence-electron chi connectivity index (χ0n) is 17.7. The second kappa shape index (κ2) is 11.3. The highest BCUT2D eigenvalue weighted by Gasteiger charge is 2.13. The van der Waals surface area contributed by atoms with Gasteiger partial charge in [-0.3, -0.25) is 4.79 Å². The number of phenols is 1. The largest absolute Gasteiger partial charge is 0.507 e. The van der Waals surface area contributed by atoms with Gasteiger partial charge in [-0.1, -0.05) is 48.5 Å². The van der Waals surface area contributed by atoms with Gasteiger partial charge in [0.05, 0.1) is 17.8 Å². The first kappa shape index (κ1) is 23.3. The molecule has 7 N–H and O–H groups in total. The zero-order valence-corrected chi connectivity index (χ0v) is 17.7. The van der Waals surface area contributed by atoms with E-state index in [1.54, 1.807) is 6.07 Å². The molecule has 0 fully saturated rings. The van der Waals surface area contributed by atoms with Crippen LogP contribution in [0.15, 0.2) is 72.8 Å². The van der Waals surface area contributed by atoms with E-state index in [-0.39, 0.29) is 11.3 Å². The highest BCUT2D eigenvalue weighted by Crippen LogP contribution is 2.22. The smallest absolute Gasteiger partial charge is 0.252 e. The summed E-state index contributed by atoms with van der Waals surface area (Å²) in [6.07, 6.45) is -0.614. The minimum atomic E-state index is -0.823. The summed E-state index contributed by atoms with van der Waals surface area (Å²) >= 11 is 0. The van der Waals surface area contributed by atoms with Crippen molar-refractivity contribution in [3.8, 4) is 5.75 Å². The lowest BCUT2D eigenvalue weighted by molar-refractivity contribution is 0.0997. The number of benzene rings is 3. The Morgan fingerprint density at radius 2 is 1.56 bits per heavy atom. The first-order chi connectivity index (χ1) is 15.4. The number of aromatic hydroxyl groups is 1. The number of primary amides is 1. The molecular weight excluding hydrogens is 406 g/mol. The maximum Gasteiger partial charge on any atom is 0.252 e. The van der Waals surface area contributed by atoms with E-state index in [0.717, 1.165) is 23.2 Å². The van der Waals surface area contributed by atoms with E-state index in [2.05, 4.69) is 10.6 Å². The van der Waals surface area contributed by atoms with Crippen LogP contribution in [-0.2, 0) is 6.42 Å². The molecule has 7 heteroatoms. The predicted octanol–water partition coefficient (Wildman–Crippen LogP) is 2.50. The summed E-state index contributed by atoms with van der Waals surface area (Å²) in [5.74, 6) is -0.939. The van der Waals surface area contributed by atoms with Crippen molar-refractivity contribution in [1.82, 2.24) is 5.32 Å². The van der Waals surface area contributed by atoms with Crippen LogP contribution in [0.1, 0.15) is 39.3 Å². The van der Waals surface area contributed by atoms with Crippen LogP contribution < -0.4 is 16.4 Å². The Kier molecular flexibility index (Phi) is 8.21. The minimum absolute atomic E-state index is 0.00784. The number of hydrogen-bond donors (Lipinski definition) is 6. The van der Waals surface area contributed by atoms with Gasteiger partial charge in [0.2, 0.25) is 0 Å². The second-order valence-corrected chi connectivity index (χ2v) is 7.62. The molecule has 3 aromatic rings. The van der Waals surface area contributed by atoms with E-state index in [0.29, 0.717) is 25.2 Å². The monoisotopic (exact) mass is 435 g/mol. The van der Waals surface area contributed by atoms with E-state index in [9.17, 15) is 20.1 Å². The molecule has 0 aliphatic heterocycles. The molecule has 0 saturated carbocycles. The molecular formula is C25H29N3O4. The summed E-state index contributed by atoms with van der Waals surface area (Å²) in [5, 5.41) is 36.6. The molecule has 0 heterocycles. The summed E-state index contributed by atoms with van der Waals surface area (Å²) in [6.45, 7) is 1.40. The van der Waals surface area contributed by atoms with Crippen LogP contribution >= 0.6 is 0 Å². The third kappa shape index (κ3) is 6.55. The molecule has 0 radical (unpaired) electrons. The fourth-order valence-electron chi connectivity index (χ4n) is 3.34. The lowest BCUT2D eigenvalue weighted by Crippen LogP contribution is -2.24.